The molecule has 0 aliphatic carbocycles. The number of ether oxygens (including phenoxy) is 2. The minimum absolute atomic E-state index is 0.00444. The van der Waals surface area contributed by atoms with Crippen LogP contribution in [0.4, 0.5) is 13.2 Å². The van der Waals surface area contributed by atoms with E-state index in [2.05, 4.69) is 14.9 Å². The monoisotopic (exact) mass is 316 g/mol. The maximum atomic E-state index is 12.0. The Hall–Kier alpha value is -2.58. The first-order valence-electron chi connectivity index (χ1n) is 6.08. The lowest BCUT2D eigenvalue weighted by Gasteiger charge is -2.08. The summed E-state index contributed by atoms with van der Waals surface area (Å²) in [5.74, 6) is 0.198. The number of halogens is 3. The Morgan fingerprint density at radius 3 is 2.59 bits per heavy atom. The molecule has 0 atom stereocenters. The number of nitrogens with zero attached hydrogens (tertiary/aromatic N) is 2. The van der Waals surface area contributed by atoms with Crippen molar-refractivity contribution in [2.45, 2.75) is 19.7 Å². The molecule has 0 N–H and O–H groups in total. The van der Waals surface area contributed by atoms with Crippen LogP contribution in [0.3, 0.4) is 0 Å². The van der Waals surface area contributed by atoms with Crippen LogP contribution in [0, 0.1) is 6.92 Å². The number of hydrogen-bond donors (Lipinski definition) is 0. The highest BCUT2D eigenvalue weighted by Crippen LogP contribution is 2.16. The van der Waals surface area contributed by atoms with E-state index in [0.717, 1.165) is 0 Å². The second-order valence-corrected chi connectivity index (χ2v) is 4.27. The molecule has 0 radical (unpaired) electrons. The molecule has 0 aromatic carbocycles. The third-order valence-corrected chi connectivity index (χ3v) is 2.38. The average Bonchev–Trinajstić information content (AvgIpc) is 2.44. The lowest BCUT2D eigenvalue weighted by molar-refractivity contribution is -0.154. The van der Waals surface area contributed by atoms with Gasteiger partial charge in [0.15, 0.2) is 6.61 Å². The van der Waals surface area contributed by atoms with Gasteiger partial charge in [0.1, 0.15) is 24.3 Å². The van der Waals surface area contributed by atoms with Crippen molar-refractivity contribution in [3.8, 4) is 11.6 Å². The molecule has 0 saturated carbocycles. The van der Waals surface area contributed by atoms with Crippen LogP contribution in [0.2, 0.25) is 0 Å². The predicted molar refractivity (Wildman–Crippen MR) is 67.6 cm³/mol. The zero-order valence-corrected chi connectivity index (χ0v) is 11.4. The van der Waals surface area contributed by atoms with Crippen LogP contribution in [0.5, 0.6) is 11.6 Å². The average molecular weight is 316 g/mol. The molecule has 0 unspecified atom stereocenters. The topological polar surface area (TPSA) is 74.5 Å². The second kappa shape index (κ2) is 6.46. The number of aromatic nitrogens is 2. The van der Waals surface area contributed by atoms with E-state index in [1.807, 2.05) is 0 Å². The van der Waals surface area contributed by atoms with Crippen LogP contribution in [0.25, 0.3) is 0 Å². The first kappa shape index (κ1) is 15.8. The third-order valence-electron chi connectivity index (χ3n) is 2.38. The molecule has 6 nitrogen and oxygen atoms in total. The van der Waals surface area contributed by atoms with Crippen molar-refractivity contribution < 1.29 is 27.1 Å². The Labute approximate surface area is 122 Å². The summed E-state index contributed by atoms with van der Waals surface area (Å²) in [6.07, 6.45) is -3.27. The molecule has 0 aliphatic rings. The quantitative estimate of drug-likeness (QED) is 0.842. The van der Waals surface area contributed by atoms with E-state index < -0.39 is 12.8 Å². The fraction of sp³-hybridized carbons (Fsp3) is 0.308. The fourth-order valence-corrected chi connectivity index (χ4v) is 1.41. The number of alkyl halides is 3. The Morgan fingerprint density at radius 1 is 1.23 bits per heavy atom. The molecule has 2 aromatic heterocycles. The van der Waals surface area contributed by atoms with Crippen LogP contribution >= 0.6 is 0 Å². The second-order valence-electron chi connectivity index (χ2n) is 4.27. The lowest BCUT2D eigenvalue weighted by atomic mass is 10.4. The van der Waals surface area contributed by atoms with Gasteiger partial charge in [0.2, 0.25) is 17.1 Å². The maximum absolute atomic E-state index is 12.0. The molecular formula is C13H11F3N2O4. The normalized spacial score (nSPS) is 11.3. The first-order valence-corrected chi connectivity index (χ1v) is 6.08. The molecule has 0 amide bonds. The predicted octanol–water partition coefficient (Wildman–Crippen LogP) is 2.26. The highest BCUT2D eigenvalue weighted by atomic mass is 19.4. The van der Waals surface area contributed by atoms with Gasteiger partial charge in [-0.2, -0.15) is 13.2 Å². The van der Waals surface area contributed by atoms with E-state index in [-0.39, 0.29) is 23.7 Å². The third kappa shape index (κ3) is 4.76. The molecule has 118 valence electrons. The smallest absolute Gasteiger partial charge is 0.422 e. The number of hydrogen-bond acceptors (Lipinski definition) is 6. The summed E-state index contributed by atoms with van der Waals surface area (Å²) in [6.45, 7) is 0.0959. The zero-order valence-electron chi connectivity index (χ0n) is 11.4. The van der Waals surface area contributed by atoms with E-state index in [1.54, 1.807) is 6.92 Å². The van der Waals surface area contributed by atoms with E-state index in [1.165, 1.54) is 24.5 Å². The molecule has 2 aromatic rings. The Bertz CT molecular complexity index is 683. The summed E-state index contributed by atoms with van der Waals surface area (Å²) < 4.78 is 50.5. The molecule has 9 heteroatoms. The van der Waals surface area contributed by atoms with Gasteiger partial charge < -0.3 is 13.9 Å². The van der Waals surface area contributed by atoms with E-state index in [0.29, 0.717) is 11.5 Å². The molecule has 0 saturated heterocycles. The van der Waals surface area contributed by atoms with Gasteiger partial charge in [0, 0.05) is 12.1 Å². The van der Waals surface area contributed by atoms with Gasteiger partial charge in [0.25, 0.3) is 0 Å². The van der Waals surface area contributed by atoms with Crippen LogP contribution < -0.4 is 14.9 Å². The summed E-state index contributed by atoms with van der Waals surface area (Å²) in [4.78, 5) is 11.5. The SMILES string of the molecule is Cc1cc(=O)c(OCc2ccc(OCC(F)(F)F)nn2)co1. The van der Waals surface area contributed by atoms with Crippen molar-refractivity contribution >= 4 is 0 Å². The van der Waals surface area contributed by atoms with Crippen LogP contribution in [-0.2, 0) is 6.61 Å². The van der Waals surface area contributed by atoms with Crippen LogP contribution in [0.15, 0.2) is 33.7 Å². The zero-order chi connectivity index (χ0) is 16.2. The molecular weight excluding hydrogens is 305 g/mol. The highest BCUT2D eigenvalue weighted by Gasteiger charge is 2.28. The van der Waals surface area contributed by atoms with E-state index >= 15 is 0 Å². The molecule has 0 bridgehead atoms. The molecule has 0 aliphatic heterocycles. The van der Waals surface area contributed by atoms with E-state index in [9.17, 15) is 18.0 Å². The molecule has 0 spiro atoms. The summed E-state index contributed by atoms with van der Waals surface area (Å²) in [6, 6.07) is 3.89. The van der Waals surface area contributed by atoms with Gasteiger partial charge >= 0.3 is 6.18 Å². The largest absolute Gasteiger partial charge is 0.480 e. The molecule has 22 heavy (non-hydrogen) atoms. The molecule has 2 heterocycles. The Balaban J connectivity index is 1.92. The van der Waals surface area contributed by atoms with Gasteiger partial charge in [-0.1, -0.05) is 0 Å². The minimum Gasteiger partial charge on any atom is -0.480 e. The van der Waals surface area contributed by atoms with Gasteiger partial charge in [-0.25, -0.2) is 0 Å². The van der Waals surface area contributed by atoms with Crippen LogP contribution in [0.1, 0.15) is 11.5 Å². The Morgan fingerprint density at radius 2 is 2.00 bits per heavy atom. The van der Waals surface area contributed by atoms with E-state index in [4.69, 9.17) is 9.15 Å². The lowest BCUT2D eigenvalue weighted by Crippen LogP contribution is -2.19. The fourth-order valence-electron chi connectivity index (χ4n) is 1.41. The maximum Gasteiger partial charge on any atom is 0.422 e. The van der Waals surface area contributed by atoms with Crippen molar-refractivity contribution in [3.63, 3.8) is 0 Å². The molecule has 2 rings (SSSR count). The van der Waals surface area contributed by atoms with Crippen molar-refractivity contribution in [1.29, 1.82) is 0 Å². The minimum atomic E-state index is -4.44. The van der Waals surface area contributed by atoms with Crippen molar-refractivity contribution in [2.75, 3.05) is 6.61 Å². The number of rotatable bonds is 5. The van der Waals surface area contributed by atoms with Gasteiger partial charge in [-0.15, -0.1) is 10.2 Å². The molecule has 0 fully saturated rings. The van der Waals surface area contributed by atoms with Crippen molar-refractivity contribution in [2.24, 2.45) is 0 Å². The summed E-state index contributed by atoms with van der Waals surface area (Å²) in [5.41, 5.74) is -0.0267. The van der Waals surface area contributed by atoms with Gasteiger partial charge in [-0.05, 0) is 13.0 Å². The van der Waals surface area contributed by atoms with Crippen molar-refractivity contribution in [3.05, 3.63) is 46.1 Å². The van der Waals surface area contributed by atoms with Gasteiger partial charge in [-0.3, -0.25) is 4.79 Å². The number of aryl methyl sites for hydroxylation is 1. The van der Waals surface area contributed by atoms with Crippen molar-refractivity contribution in [1.82, 2.24) is 10.2 Å². The standard InChI is InChI=1S/C13H11F3N2O4/c1-8-4-10(19)11(6-20-8)21-5-9-2-3-12(18-17-9)22-7-13(14,15)16/h2-4,6H,5,7H2,1H3. The summed E-state index contributed by atoms with van der Waals surface area (Å²) in [7, 11) is 0. The summed E-state index contributed by atoms with van der Waals surface area (Å²) in [5, 5.41) is 7.12. The summed E-state index contributed by atoms with van der Waals surface area (Å²) >= 11 is 0. The first-order chi connectivity index (χ1) is 10.3. The Kier molecular flexibility index (Phi) is 4.64. The van der Waals surface area contributed by atoms with Crippen LogP contribution in [-0.4, -0.2) is 23.0 Å². The van der Waals surface area contributed by atoms with Gasteiger partial charge in [0.05, 0.1) is 0 Å². The highest BCUT2D eigenvalue weighted by molar-refractivity contribution is 5.18.